The van der Waals surface area contributed by atoms with Crippen molar-refractivity contribution in [1.82, 2.24) is 14.9 Å². The van der Waals surface area contributed by atoms with Crippen molar-refractivity contribution < 1.29 is 14.2 Å². The van der Waals surface area contributed by atoms with Gasteiger partial charge in [-0.2, -0.15) is 5.10 Å². The highest BCUT2D eigenvalue weighted by Crippen LogP contribution is 2.34. The van der Waals surface area contributed by atoms with Crippen molar-refractivity contribution in [2.24, 2.45) is 0 Å². The summed E-state index contributed by atoms with van der Waals surface area (Å²) in [6.45, 7) is 2.97. The summed E-state index contributed by atoms with van der Waals surface area (Å²) >= 11 is 8.98. The van der Waals surface area contributed by atoms with Crippen LogP contribution in [0, 0.1) is 4.77 Å². The van der Waals surface area contributed by atoms with Crippen molar-refractivity contribution in [2.75, 3.05) is 26.3 Å². The molecule has 2 aromatic carbocycles. The van der Waals surface area contributed by atoms with Crippen LogP contribution in [0.15, 0.2) is 40.9 Å². The molecule has 1 heterocycles. The number of hydrogen-bond donors (Lipinski definition) is 2. The molecular weight excluding hydrogens is 444 g/mol. The summed E-state index contributed by atoms with van der Waals surface area (Å²) in [6, 6.07) is 11.5. The highest BCUT2D eigenvalue weighted by atomic mass is 79.9. The first-order valence-electron chi connectivity index (χ1n) is 8.62. The van der Waals surface area contributed by atoms with Crippen molar-refractivity contribution in [3.8, 4) is 28.6 Å². The third kappa shape index (κ3) is 4.15. The molecule has 9 heteroatoms. The maximum atomic E-state index is 5.67. The zero-order chi connectivity index (χ0) is 20.1. The zero-order valence-corrected chi connectivity index (χ0v) is 18.2. The molecule has 3 rings (SSSR count). The molecule has 0 aliphatic rings. The van der Waals surface area contributed by atoms with Crippen LogP contribution in [0.1, 0.15) is 12.5 Å². The Kier molecular flexibility index (Phi) is 6.58. The lowest BCUT2D eigenvalue weighted by Gasteiger charge is -2.15. The van der Waals surface area contributed by atoms with Gasteiger partial charge in [0.2, 0.25) is 4.77 Å². The van der Waals surface area contributed by atoms with E-state index in [1.165, 1.54) is 0 Å². The number of nitrogens with zero attached hydrogens (tertiary/aromatic N) is 2. The molecule has 0 aliphatic carbocycles. The van der Waals surface area contributed by atoms with Gasteiger partial charge in [0, 0.05) is 4.47 Å². The molecule has 0 atom stereocenters. The normalized spacial score (nSPS) is 10.6. The predicted octanol–water partition coefficient (Wildman–Crippen LogP) is 4.53. The number of rotatable bonds is 8. The van der Waals surface area contributed by atoms with E-state index in [0.717, 1.165) is 15.6 Å². The summed E-state index contributed by atoms with van der Waals surface area (Å²) in [5, 5.41) is 7.18. The molecule has 0 saturated carbocycles. The van der Waals surface area contributed by atoms with Crippen LogP contribution in [-0.2, 0) is 6.54 Å². The quantitative estimate of drug-likeness (QED) is 0.477. The average molecular weight is 465 g/mol. The fourth-order valence-electron chi connectivity index (χ4n) is 2.76. The number of methoxy groups -OCH3 is 2. The highest BCUT2D eigenvalue weighted by Gasteiger charge is 2.15. The molecule has 0 amide bonds. The zero-order valence-electron chi connectivity index (χ0n) is 15.8. The van der Waals surface area contributed by atoms with Crippen LogP contribution in [0.25, 0.3) is 11.4 Å². The molecule has 1 aromatic heterocycles. The van der Waals surface area contributed by atoms with E-state index in [1.54, 1.807) is 18.9 Å². The number of nitrogens with one attached hydrogen (secondary N) is 2. The molecule has 0 fully saturated rings. The standard InChI is InChI=1S/C19H21BrN4O3S/c1-4-27-17-9-12(14(20)10-16(17)26-3)11-21-24-18(22-23-19(24)28)13-7-5-6-8-15(13)25-2/h5-10,21H,4,11H2,1-3H3,(H,23,28). The Hall–Kier alpha value is -2.52. The second-order valence-corrected chi connectivity index (χ2v) is 6.99. The second kappa shape index (κ2) is 9.11. The molecular formula is C19H21BrN4O3S. The van der Waals surface area contributed by atoms with Gasteiger partial charge in [-0.15, -0.1) is 0 Å². The number of benzene rings is 2. The number of hydrogen-bond acceptors (Lipinski definition) is 6. The summed E-state index contributed by atoms with van der Waals surface area (Å²) in [4.78, 5) is 0. The summed E-state index contributed by atoms with van der Waals surface area (Å²) in [5.41, 5.74) is 5.12. The van der Waals surface area contributed by atoms with Crippen LogP contribution in [0.4, 0.5) is 0 Å². The highest BCUT2D eigenvalue weighted by molar-refractivity contribution is 9.10. The molecule has 0 unspecified atom stereocenters. The van der Waals surface area contributed by atoms with Gasteiger partial charge < -0.3 is 19.6 Å². The lowest BCUT2D eigenvalue weighted by molar-refractivity contribution is 0.310. The van der Waals surface area contributed by atoms with E-state index >= 15 is 0 Å². The molecule has 0 spiro atoms. The summed E-state index contributed by atoms with van der Waals surface area (Å²) in [5.74, 6) is 2.71. The van der Waals surface area contributed by atoms with E-state index in [-0.39, 0.29) is 0 Å². The molecule has 2 N–H and O–H groups in total. The molecule has 0 saturated heterocycles. The first-order valence-corrected chi connectivity index (χ1v) is 9.83. The van der Waals surface area contributed by atoms with Crippen molar-refractivity contribution >= 4 is 28.1 Å². The Bertz CT molecular complexity index is 1020. The van der Waals surface area contributed by atoms with Gasteiger partial charge >= 0.3 is 0 Å². The van der Waals surface area contributed by atoms with Gasteiger partial charge in [-0.25, -0.2) is 9.77 Å². The predicted molar refractivity (Wildman–Crippen MR) is 114 cm³/mol. The third-order valence-electron chi connectivity index (χ3n) is 4.08. The maximum absolute atomic E-state index is 5.67. The first kappa shape index (κ1) is 20.2. The minimum atomic E-state index is 0.454. The van der Waals surface area contributed by atoms with Crippen LogP contribution in [-0.4, -0.2) is 35.7 Å². The summed E-state index contributed by atoms with van der Waals surface area (Å²) in [7, 11) is 3.24. The molecule has 0 radical (unpaired) electrons. The topological polar surface area (TPSA) is 73.3 Å². The van der Waals surface area contributed by atoms with Crippen molar-refractivity contribution in [1.29, 1.82) is 0 Å². The van der Waals surface area contributed by atoms with Gasteiger partial charge in [0.1, 0.15) is 5.75 Å². The van der Waals surface area contributed by atoms with E-state index in [1.807, 2.05) is 43.3 Å². The van der Waals surface area contributed by atoms with E-state index in [2.05, 4.69) is 31.6 Å². The SMILES string of the molecule is CCOc1cc(CNn2c(-c3ccccc3OC)n[nH]c2=S)c(Br)cc1OC. The van der Waals surface area contributed by atoms with Gasteiger partial charge in [-0.1, -0.05) is 28.1 Å². The van der Waals surface area contributed by atoms with Gasteiger partial charge in [0.25, 0.3) is 0 Å². The molecule has 3 aromatic rings. The van der Waals surface area contributed by atoms with Crippen molar-refractivity contribution in [3.05, 3.63) is 51.2 Å². The van der Waals surface area contributed by atoms with Gasteiger partial charge in [0.05, 0.1) is 32.9 Å². The second-order valence-electron chi connectivity index (χ2n) is 5.75. The number of H-pyrrole nitrogens is 1. The number of ether oxygens (including phenoxy) is 3. The fraction of sp³-hybridized carbons (Fsp3) is 0.263. The Morgan fingerprint density at radius 2 is 1.89 bits per heavy atom. The molecule has 0 aliphatic heterocycles. The Balaban J connectivity index is 1.91. The number of aromatic amines is 1. The van der Waals surface area contributed by atoms with E-state index < -0.39 is 0 Å². The lowest BCUT2D eigenvalue weighted by atomic mass is 10.2. The minimum Gasteiger partial charge on any atom is -0.496 e. The van der Waals surface area contributed by atoms with Crippen molar-refractivity contribution in [3.63, 3.8) is 0 Å². The number of halogens is 1. The Morgan fingerprint density at radius 3 is 2.61 bits per heavy atom. The van der Waals surface area contributed by atoms with E-state index in [9.17, 15) is 0 Å². The lowest BCUT2D eigenvalue weighted by Crippen LogP contribution is -2.16. The minimum absolute atomic E-state index is 0.454. The molecule has 0 bridgehead atoms. The number of para-hydroxylation sites is 1. The smallest absolute Gasteiger partial charge is 0.214 e. The Morgan fingerprint density at radius 1 is 1.14 bits per heavy atom. The van der Waals surface area contributed by atoms with Crippen LogP contribution < -0.4 is 19.6 Å². The number of aromatic nitrogens is 3. The molecule has 7 nitrogen and oxygen atoms in total. The summed E-state index contributed by atoms with van der Waals surface area (Å²) < 4.78 is 19.6. The van der Waals surface area contributed by atoms with Crippen LogP contribution in [0.2, 0.25) is 0 Å². The third-order valence-corrected chi connectivity index (χ3v) is 5.09. The summed E-state index contributed by atoms with van der Waals surface area (Å²) in [6.07, 6.45) is 0. The van der Waals surface area contributed by atoms with Crippen molar-refractivity contribution in [2.45, 2.75) is 13.5 Å². The fourth-order valence-corrected chi connectivity index (χ4v) is 3.42. The van der Waals surface area contributed by atoms with Crippen LogP contribution >= 0.6 is 28.1 Å². The molecule has 148 valence electrons. The van der Waals surface area contributed by atoms with Crippen LogP contribution in [0.5, 0.6) is 17.2 Å². The maximum Gasteiger partial charge on any atom is 0.214 e. The van der Waals surface area contributed by atoms with Gasteiger partial charge in [-0.3, -0.25) is 0 Å². The molecule has 28 heavy (non-hydrogen) atoms. The van der Waals surface area contributed by atoms with E-state index in [4.69, 9.17) is 26.4 Å². The first-order chi connectivity index (χ1) is 13.6. The van der Waals surface area contributed by atoms with Crippen LogP contribution in [0.3, 0.4) is 0 Å². The van der Waals surface area contributed by atoms with Gasteiger partial charge in [0.15, 0.2) is 17.3 Å². The van der Waals surface area contributed by atoms with Gasteiger partial charge in [-0.05, 0) is 49.0 Å². The largest absolute Gasteiger partial charge is 0.496 e. The average Bonchev–Trinajstić information content (AvgIpc) is 3.08. The van der Waals surface area contributed by atoms with E-state index in [0.29, 0.717) is 41.0 Å². The monoisotopic (exact) mass is 464 g/mol. The Labute approximate surface area is 176 Å².